The third kappa shape index (κ3) is 5.94. The van der Waals surface area contributed by atoms with Crippen LogP contribution in [0, 0.1) is 5.92 Å². The first kappa shape index (κ1) is 23.7. The SMILES string of the molecule is CCOc1ccccc1Cc1ccc([C@@H]2CCCN(C(=O)C3CCN(C(C)C)CC3)C2)nc1. The zero-order valence-electron chi connectivity index (χ0n) is 20.5. The Labute approximate surface area is 199 Å². The molecule has 0 aliphatic carbocycles. The number of ether oxygens (including phenoxy) is 1. The highest BCUT2D eigenvalue weighted by atomic mass is 16.5. The molecule has 0 N–H and O–H groups in total. The molecule has 0 bridgehead atoms. The smallest absolute Gasteiger partial charge is 0.225 e. The Bertz CT molecular complexity index is 904. The molecule has 2 fully saturated rings. The molecule has 0 unspecified atom stereocenters. The normalized spacial score (nSPS) is 20.2. The minimum absolute atomic E-state index is 0.194. The van der Waals surface area contributed by atoms with E-state index in [-0.39, 0.29) is 5.92 Å². The van der Waals surface area contributed by atoms with Crippen molar-refractivity contribution in [1.29, 1.82) is 0 Å². The largest absolute Gasteiger partial charge is 0.494 e. The van der Waals surface area contributed by atoms with E-state index in [1.54, 1.807) is 0 Å². The van der Waals surface area contributed by atoms with Gasteiger partial charge in [-0.25, -0.2) is 0 Å². The van der Waals surface area contributed by atoms with Crippen LogP contribution in [0.1, 0.15) is 69.2 Å². The van der Waals surface area contributed by atoms with E-state index in [0.717, 1.165) is 69.7 Å². The lowest BCUT2D eigenvalue weighted by atomic mass is 9.90. The Hall–Kier alpha value is -2.40. The molecule has 1 aromatic carbocycles. The van der Waals surface area contributed by atoms with Gasteiger partial charge in [0.05, 0.1) is 6.61 Å². The number of likely N-dealkylation sites (tertiary alicyclic amines) is 2. The maximum absolute atomic E-state index is 13.2. The van der Waals surface area contributed by atoms with Crippen LogP contribution < -0.4 is 4.74 Å². The van der Waals surface area contributed by atoms with Gasteiger partial charge in [-0.3, -0.25) is 9.78 Å². The minimum atomic E-state index is 0.194. The number of amides is 1. The highest BCUT2D eigenvalue weighted by Gasteiger charge is 2.32. The van der Waals surface area contributed by atoms with E-state index in [0.29, 0.717) is 24.5 Å². The summed E-state index contributed by atoms with van der Waals surface area (Å²) in [5.74, 6) is 1.85. The van der Waals surface area contributed by atoms with Crippen LogP contribution in [0.15, 0.2) is 42.6 Å². The lowest BCUT2D eigenvalue weighted by Gasteiger charge is -2.38. The van der Waals surface area contributed by atoms with E-state index >= 15 is 0 Å². The van der Waals surface area contributed by atoms with Gasteiger partial charge >= 0.3 is 0 Å². The van der Waals surface area contributed by atoms with Gasteiger partial charge in [-0.1, -0.05) is 24.3 Å². The van der Waals surface area contributed by atoms with Crippen molar-refractivity contribution >= 4 is 5.91 Å². The number of para-hydroxylation sites is 1. The van der Waals surface area contributed by atoms with Crippen LogP contribution in [0.3, 0.4) is 0 Å². The number of hydrogen-bond acceptors (Lipinski definition) is 4. The van der Waals surface area contributed by atoms with Crippen molar-refractivity contribution in [3.05, 3.63) is 59.4 Å². The highest BCUT2D eigenvalue weighted by Crippen LogP contribution is 2.29. The van der Waals surface area contributed by atoms with E-state index in [2.05, 4.69) is 47.9 Å². The average Bonchev–Trinajstić information content (AvgIpc) is 2.85. The number of benzene rings is 1. The Morgan fingerprint density at radius 2 is 1.88 bits per heavy atom. The molecule has 5 heteroatoms. The molecule has 2 aromatic rings. The number of aromatic nitrogens is 1. The molecule has 4 rings (SSSR count). The summed E-state index contributed by atoms with van der Waals surface area (Å²) in [6, 6.07) is 13.1. The second-order valence-corrected chi connectivity index (χ2v) is 9.84. The fourth-order valence-electron chi connectivity index (χ4n) is 5.29. The first-order chi connectivity index (χ1) is 16.0. The topological polar surface area (TPSA) is 45.7 Å². The number of carbonyl (C=O) groups is 1. The summed E-state index contributed by atoms with van der Waals surface area (Å²) >= 11 is 0. The molecule has 1 aromatic heterocycles. The summed E-state index contributed by atoms with van der Waals surface area (Å²) in [6.07, 6.45) is 6.97. The molecular weight excluding hydrogens is 410 g/mol. The summed E-state index contributed by atoms with van der Waals surface area (Å²) in [5, 5.41) is 0. The third-order valence-electron chi connectivity index (χ3n) is 7.28. The lowest BCUT2D eigenvalue weighted by molar-refractivity contribution is -0.138. The molecule has 0 spiro atoms. The van der Waals surface area contributed by atoms with Crippen LogP contribution in [0.5, 0.6) is 5.75 Å². The van der Waals surface area contributed by atoms with Crippen molar-refractivity contribution in [3.8, 4) is 5.75 Å². The van der Waals surface area contributed by atoms with Gasteiger partial charge in [0.25, 0.3) is 0 Å². The van der Waals surface area contributed by atoms with Crippen LogP contribution in [-0.4, -0.2) is 59.5 Å². The molecule has 3 heterocycles. The summed E-state index contributed by atoms with van der Waals surface area (Å²) in [4.78, 5) is 22.7. The van der Waals surface area contributed by atoms with Crippen LogP contribution in [0.2, 0.25) is 0 Å². The van der Waals surface area contributed by atoms with E-state index in [1.165, 1.54) is 11.1 Å². The van der Waals surface area contributed by atoms with Crippen LogP contribution in [0.25, 0.3) is 0 Å². The van der Waals surface area contributed by atoms with Gasteiger partial charge in [0.1, 0.15) is 5.75 Å². The predicted octanol–water partition coefficient (Wildman–Crippen LogP) is 4.90. The van der Waals surface area contributed by atoms with Gasteiger partial charge in [-0.2, -0.15) is 0 Å². The molecule has 2 aliphatic rings. The lowest BCUT2D eigenvalue weighted by Crippen LogP contribution is -2.47. The molecule has 33 heavy (non-hydrogen) atoms. The minimum Gasteiger partial charge on any atom is -0.494 e. The maximum Gasteiger partial charge on any atom is 0.225 e. The predicted molar refractivity (Wildman–Crippen MR) is 133 cm³/mol. The monoisotopic (exact) mass is 449 g/mol. The molecule has 1 amide bonds. The fourth-order valence-corrected chi connectivity index (χ4v) is 5.29. The van der Waals surface area contributed by atoms with Crippen molar-refractivity contribution in [3.63, 3.8) is 0 Å². The molecule has 2 saturated heterocycles. The summed E-state index contributed by atoms with van der Waals surface area (Å²) in [7, 11) is 0. The first-order valence-electron chi connectivity index (χ1n) is 12.7. The summed E-state index contributed by atoms with van der Waals surface area (Å²) in [5.41, 5.74) is 3.49. The van der Waals surface area contributed by atoms with Gasteiger partial charge < -0.3 is 14.5 Å². The number of hydrogen-bond donors (Lipinski definition) is 0. The van der Waals surface area contributed by atoms with Crippen LogP contribution in [0.4, 0.5) is 0 Å². The van der Waals surface area contributed by atoms with Crippen molar-refractivity contribution < 1.29 is 9.53 Å². The molecule has 0 saturated carbocycles. The maximum atomic E-state index is 13.2. The third-order valence-corrected chi connectivity index (χ3v) is 7.28. The zero-order valence-corrected chi connectivity index (χ0v) is 20.5. The van der Waals surface area contributed by atoms with Gasteiger partial charge in [-0.05, 0) is 82.8 Å². The standard InChI is InChI=1S/C28H39N3O2/c1-4-33-27-10-6-5-8-24(27)18-22-11-12-26(29-19-22)25-9-7-15-31(20-25)28(32)23-13-16-30(17-14-23)21(2)3/h5-6,8,10-12,19,21,23,25H,4,7,9,13-18,20H2,1-3H3/t25-/m1/s1. The van der Waals surface area contributed by atoms with Crippen molar-refractivity contribution in [1.82, 2.24) is 14.8 Å². The van der Waals surface area contributed by atoms with Crippen molar-refractivity contribution in [2.45, 2.75) is 64.8 Å². The van der Waals surface area contributed by atoms with E-state index in [9.17, 15) is 4.79 Å². The summed E-state index contributed by atoms with van der Waals surface area (Å²) < 4.78 is 5.77. The molecule has 178 valence electrons. The molecular formula is C28H39N3O2. The Kier molecular flexibility index (Phi) is 8.02. The van der Waals surface area contributed by atoms with Crippen molar-refractivity contribution in [2.75, 3.05) is 32.8 Å². The number of rotatable bonds is 7. The molecule has 2 aliphatic heterocycles. The number of piperidine rings is 2. The number of carbonyl (C=O) groups excluding carboxylic acids is 1. The molecule has 5 nitrogen and oxygen atoms in total. The highest BCUT2D eigenvalue weighted by molar-refractivity contribution is 5.79. The van der Waals surface area contributed by atoms with Gasteiger partial charge in [0.2, 0.25) is 5.91 Å². The average molecular weight is 450 g/mol. The zero-order chi connectivity index (χ0) is 23.2. The van der Waals surface area contributed by atoms with Gasteiger partial charge in [-0.15, -0.1) is 0 Å². The number of nitrogens with zero attached hydrogens (tertiary/aromatic N) is 3. The second kappa shape index (κ2) is 11.1. The first-order valence-corrected chi connectivity index (χ1v) is 12.7. The quantitative estimate of drug-likeness (QED) is 0.603. The second-order valence-electron chi connectivity index (χ2n) is 9.84. The van der Waals surface area contributed by atoms with Crippen LogP contribution in [-0.2, 0) is 11.2 Å². The van der Waals surface area contributed by atoms with E-state index < -0.39 is 0 Å². The van der Waals surface area contributed by atoms with E-state index in [4.69, 9.17) is 9.72 Å². The number of pyridine rings is 1. The fraction of sp³-hybridized carbons (Fsp3) is 0.571. The molecule has 0 radical (unpaired) electrons. The Morgan fingerprint density at radius 3 is 2.58 bits per heavy atom. The molecule has 1 atom stereocenters. The van der Waals surface area contributed by atoms with Crippen molar-refractivity contribution in [2.24, 2.45) is 5.92 Å². The van der Waals surface area contributed by atoms with Gasteiger partial charge in [0.15, 0.2) is 0 Å². The van der Waals surface area contributed by atoms with E-state index in [1.807, 2.05) is 25.3 Å². The van der Waals surface area contributed by atoms with Crippen LogP contribution >= 0.6 is 0 Å². The van der Waals surface area contributed by atoms with Gasteiger partial charge in [0, 0.05) is 49.3 Å². The summed E-state index contributed by atoms with van der Waals surface area (Å²) in [6.45, 7) is 11.0. The Balaban J connectivity index is 1.35. The Morgan fingerprint density at radius 1 is 1.09 bits per heavy atom.